The summed E-state index contributed by atoms with van der Waals surface area (Å²) >= 11 is 0. The Morgan fingerprint density at radius 3 is 2.53 bits per heavy atom. The molecule has 3 unspecified atom stereocenters. The number of amides is 4. The first-order valence-electron chi connectivity index (χ1n) is 10.3. The number of rotatable bonds is 4. The predicted octanol–water partition coefficient (Wildman–Crippen LogP) is 0.686. The molecular weight excluding hydrogens is 384 g/mol. The van der Waals surface area contributed by atoms with E-state index in [0.717, 1.165) is 17.0 Å². The van der Waals surface area contributed by atoms with Crippen LogP contribution in [0.25, 0.3) is 0 Å². The predicted molar refractivity (Wildman–Crippen MR) is 109 cm³/mol. The molecule has 8 heteroatoms. The van der Waals surface area contributed by atoms with Crippen LogP contribution >= 0.6 is 0 Å². The van der Waals surface area contributed by atoms with Gasteiger partial charge in [0.25, 0.3) is 11.8 Å². The Kier molecular flexibility index (Phi) is 4.28. The number of benzene rings is 1. The molecule has 2 heterocycles. The van der Waals surface area contributed by atoms with Crippen LogP contribution in [0.1, 0.15) is 40.0 Å². The van der Waals surface area contributed by atoms with Crippen LogP contribution in [-0.2, 0) is 9.59 Å². The van der Waals surface area contributed by atoms with E-state index in [-0.39, 0.29) is 24.8 Å². The van der Waals surface area contributed by atoms with E-state index in [1.807, 2.05) is 20.2 Å². The maximum atomic E-state index is 13.1. The van der Waals surface area contributed by atoms with Gasteiger partial charge in [0.15, 0.2) is 0 Å². The number of nitrogens with zero attached hydrogens (tertiary/aromatic N) is 2. The third kappa shape index (κ3) is 2.63. The van der Waals surface area contributed by atoms with Gasteiger partial charge in [0, 0.05) is 25.2 Å². The van der Waals surface area contributed by atoms with Gasteiger partial charge in [-0.25, -0.2) is 0 Å². The van der Waals surface area contributed by atoms with E-state index in [9.17, 15) is 19.2 Å². The summed E-state index contributed by atoms with van der Waals surface area (Å²) in [5.74, 6) is -0.969. The molecule has 2 aliphatic carbocycles. The zero-order valence-electron chi connectivity index (χ0n) is 16.9. The van der Waals surface area contributed by atoms with E-state index in [4.69, 9.17) is 0 Å². The number of hydrogen-bond donors (Lipinski definition) is 2. The molecule has 2 fully saturated rings. The fraction of sp³-hybridized carbons (Fsp3) is 0.455. The van der Waals surface area contributed by atoms with Crippen molar-refractivity contribution in [3.8, 4) is 0 Å². The molecule has 156 valence electrons. The van der Waals surface area contributed by atoms with Crippen molar-refractivity contribution in [1.29, 1.82) is 0 Å². The zero-order chi connectivity index (χ0) is 21.2. The summed E-state index contributed by atoms with van der Waals surface area (Å²) < 4.78 is 0. The molecule has 2 N–H and O–H groups in total. The van der Waals surface area contributed by atoms with Crippen molar-refractivity contribution in [3.05, 3.63) is 41.5 Å². The number of likely N-dealkylation sites (N-methyl/N-ethyl adjacent to an activating group) is 2. The first-order chi connectivity index (χ1) is 14.4. The summed E-state index contributed by atoms with van der Waals surface area (Å²) in [6.45, 7) is 0. The van der Waals surface area contributed by atoms with Gasteiger partial charge in [0.05, 0.1) is 17.2 Å². The standard InChI is InChI=1S/C22H24N4O4/c1-23-18-11-3-4-12(9-11)19(18)25(2)13-5-6-14-15(10-13)22(30)26(21(14)29)16-7-8-17(27)24-20(16)28/h3-6,10-12,16,18-19,23H,7-9H2,1-2H3,(H,24,27,28)/t11?,12?,16?,18-,19-/m0/s1. The summed E-state index contributed by atoms with van der Waals surface area (Å²) in [6.07, 6.45) is 5.93. The van der Waals surface area contributed by atoms with Crippen molar-refractivity contribution in [2.24, 2.45) is 11.8 Å². The maximum absolute atomic E-state index is 13.1. The first kappa shape index (κ1) is 19.0. The molecule has 4 amide bonds. The number of fused-ring (bicyclic) bond motifs is 3. The van der Waals surface area contributed by atoms with Crippen LogP contribution in [0.3, 0.4) is 0 Å². The van der Waals surface area contributed by atoms with Crippen LogP contribution < -0.4 is 15.5 Å². The average molecular weight is 408 g/mol. The highest BCUT2D eigenvalue weighted by atomic mass is 16.2. The molecule has 2 bridgehead atoms. The molecule has 1 saturated carbocycles. The molecule has 5 atom stereocenters. The maximum Gasteiger partial charge on any atom is 0.262 e. The monoisotopic (exact) mass is 408 g/mol. The molecule has 4 aliphatic rings. The first-order valence-corrected chi connectivity index (χ1v) is 10.3. The van der Waals surface area contributed by atoms with Gasteiger partial charge in [-0.1, -0.05) is 12.2 Å². The summed E-state index contributed by atoms with van der Waals surface area (Å²) in [4.78, 5) is 52.8. The van der Waals surface area contributed by atoms with E-state index < -0.39 is 23.8 Å². The highest BCUT2D eigenvalue weighted by Crippen LogP contribution is 2.43. The van der Waals surface area contributed by atoms with Crippen molar-refractivity contribution in [3.63, 3.8) is 0 Å². The number of piperidine rings is 1. The van der Waals surface area contributed by atoms with E-state index in [1.165, 1.54) is 0 Å². The lowest BCUT2D eigenvalue weighted by molar-refractivity contribution is -0.136. The summed E-state index contributed by atoms with van der Waals surface area (Å²) in [6, 6.07) is 4.94. The summed E-state index contributed by atoms with van der Waals surface area (Å²) in [7, 11) is 3.99. The second-order valence-corrected chi connectivity index (χ2v) is 8.54. The van der Waals surface area contributed by atoms with Gasteiger partial charge < -0.3 is 10.2 Å². The molecule has 1 saturated heterocycles. The minimum Gasteiger partial charge on any atom is -0.369 e. The quantitative estimate of drug-likeness (QED) is 0.562. The topological polar surface area (TPSA) is 98.8 Å². The van der Waals surface area contributed by atoms with Crippen molar-refractivity contribution >= 4 is 29.3 Å². The molecule has 2 aliphatic heterocycles. The van der Waals surface area contributed by atoms with Gasteiger partial charge in [-0.15, -0.1) is 0 Å². The third-order valence-electron chi connectivity index (χ3n) is 7.03. The number of nitrogens with one attached hydrogen (secondary N) is 2. The highest BCUT2D eigenvalue weighted by Gasteiger charge is 2.47. The Hall–Kier alpha value is -3.00. The fourth-order valence-corrected chi connectivity index (χ4v) is 5.56. The number of carbonyl (C=O) groups excluding carboxylic acids is 4. The lowest BCUT2D eigenvalue weighted by atomic mass is 9.94. The van der Waals surface area contributed by atoms with Crippen LogP contribution in [-0.4, -0.2) is 60.7 Å². The average Bonchev–Trinajstić information content (AvgIpc) is 3.41. The minimum atomic E-state index is -0.944. The highest BCUT2D eigenvalue weighted by molar-refractivity contribution is 6.23. The summed E-state index contributed by atoms with van der Waals surface area (Å²) in [5, 5.41) is 5.65. The Bertz CT molecular complexity index is 1000. The number of carbonyl (C=O) groups is 4. The van der Waals surface area contributed by atoms with Gasteiger partial charge in [-0.05, 0) is 49.9 Å². The molecule has 1 aromatic carbocycles. The Balaban J connectivity index is 1.43. The van der Waals surface area contributed by atoms with Crippen LogP contribution in [0.2, 0.25) is 0 Å². The van der Waals surface area contributed by atoms with Crippen molar-refractivity contribution < 1.29 is 19.2 Å². The third-order valence-corrected chi connectivity index (χ3v) is 7.03. The van der Waals surface area contributed by atoms with Crippen LogP contribution in [0.4, 0.5) is 5.69 Å². The summed E-state index contributed by atoms with van der Waals surface area (Å²) in [5.41, 5.74) is 1.49. The molecular formula is C22H24N4O4. The van der Waals surface area contributed by atoms with Gasteiger partial charge >= 0.3 is 0 Å². The molecule has 0 spiro atoms. The van der Waals surface area contributed by atoms with Crippen molar-refractivity contribution in [2.75, 3.05) is 19.0 Å². The van der Waals surface area contributed by atoms with Gasteiger partial charge in [-0.2, -0.15) is 0 Å². The Labute approximate surface area is 174 Å². The SMILES string of the molecule is CN[C@H]1C2C=CC(C2)[C@@H]1N(C)c1ccc2c(c1)C(=O)N(C1CCC(=O)NC1=O)C2=O. The fourth-order valence-electron chi connectivity index (χ4n) is 5.56. The Morgan fingerprint density at radius 1 is 1.07 bits per heavy atom. The molecule has 0 aromatic heterocycles. The van der Waals surface area contributed by atoms with Gasteiger partial charge in [-0.3, -0.25) is 29.4 Å². The van der Waals surface area contributed by atoms with E-state index in [2.05, 4.69) is 27.7 Å². The molecule has 5 rings (SSSR count). The van der Waals surface area contributed by atoms with E-state index in [1.54, 1.807) is 12.1 Å². The largest absolute Gasteiger partial charge is 0.369 e. The van der Waals surface area contributed by atoms with E-state index in [0.29, 0.717) is 29.0 Å². The van der Waals surface area contributed by atoms with E-state index >= 15 is 0 Å². The molecule has 1 aromatic rings. The zero-order valence-corrected chi connectivity index (χ0v) is 16.9. The minimum absolute atomic E-state index is 0.112. The van der Waals surface area contributed by atoms with Crippen LogP contribution in [0, 0.1) is 11.8 Å². The molecule has 0 radical (unpaired) electrons. The number of hydrogen-bond acceptors (Lipinski definition) is 6. The molecule has 8 nitrogen and oxygen atoms in total. The van der Waals surface area contributed by atoms with Crippen LogP contribution in [0.5, 0.6) is 0 Å². The second-order valence-electron chi connectivity index (χ2n) is 8.54. The molecule has 30 heavy (non-hydrogen) atoms. The van der Waals surface area contributed by atoms with Gasteiger partial charge in [0.2, 0.25) is 11.8 Å². The lowest BCUT2D eigenvalue weighted by Gasteiger charge is -2.37. The smallest absolute Gasteiger partial charge is 0.262 e. The van der Waals surface area contributed by atoms with Crippen LogP contribution in [0.15, 0.2) is 30.4 Å². The normalized spacial score (nSPS) is 32.1. The van der Waals surface area contributed by atoms with Gasteiger partial charge in [0.1, 0.15) is 6.04 Å². The number of anilines is 1. The lowest BCUT2D eigenvalue weighted by Crippen LogP contribution is -2.54. The van der Waals surface area contributed by atoms with Crippen molar-refractivity contribution in [2.45, 2.75) is 37.4 Å². The Morgan fingerprint density at radius 2 is 1.80 bits per heavy atom. The van der Waals surface area contributed by atoms with Crippen molar-refractivity contribution in [1.82, 2.24) is 15.5 Å². The number of imide groups is 2. The second kappa shape index (κ2) is 6.77.